The van der Waals surface area contributed by atoms with Crippen LogP contribution in [0, 0.1) is 5.92 Å². The van der Waals surface area contributed by atoms with Gasteiger partial charge in [-0.3, -0.25) is 0 Å². The molecule has 0 radical (unpaired) electrons. The lowest BCUT2D eigenvalue weighted by atomic mass is 9.91. The fraction of sp³-hybridized carbons (Fsp3) is 1.00. The highest BCUT2D eigenvalue weighted by Crippen LogP contribution is 2.22. The van der Waals surface area contributed by atoms with E-state index < -0.39 is 0 Å². The molecular formula is C17H33N3O. The van der Waals surface area contributed by atoms with E-state index in [1.54, 1.807) is 0 Å². The van der Waals surface area contributed by atoms with Crippen LogP contribution in [0.1, 0.15) is 39.0 Å². The summed E-state index contributed by atoms with van der Waals surface area (Å²) in [5, 5.41) is 3.96. The van der Waals surface area contributed by atoms with Crippen LogP contribution in [0.5, 0.6) is 0 Å². The molecule has 3 heterocycles. The zero-order valence-corrected chi connectivity index (χ0v) is 13.9. The third-order valence-electron chi connectivity index (χ3n) is 5.64. The number of nitrogens with zero attached hydrogens (tertiary/aromatic N) is 2. The molecule has 0 amide bonds. The monoisotopic (exact) mass is 295 g/mol. The summed E-state index contributed by atoms with van der Waals surface area (Å²) in [7, 11) is 2.24. The Morgan fingerprint density at radius 1 is 1.10 bits per heavy atom. The first kappa shape index (κ1) is 15.7. The van der Waals surface area contributed by atoms with E-state index in [-0.39, 0.29) is 0 Å². The van der Waals surface area contributed by atoms with Crippen LogP contribution < -0.4 is 5.32 Å². The molecule has 0 aromatic heterocycles. The average Bonchev–Trinajstić information content (AvgIpc) is 2.97. The molecule has 0 unspecified atom stereocenters. The first-order valence-electron chi connectivity index (χ1n) is 8.99. The summed E-state index contributed by atoms with van der Waals surface area (Å²) in [6, 6.07) is 1.47. The van der Waals surface area contributed by atoms with Crippen molar-refractivity contribution in [2.75, 3.05) is 46.4 Å². The molecule has 3 aliphatic heterocycles. The van der Waals surface area contributed by atoms with Crippen LogP contribution in [-0.2, 0) is 4.74 Å². The molecule has 4 nitrogen and oxygen atoms in total. The molecule has 3 aliphatic rings. The average molecular weight is 295 g/mol. The number of nitrogens with one attached hydrogen (secondary N) is 1. The lowest BCUT2D eigenvalue weighted by molar-refractivity contribution is 0.0488. The van der Waals surface area contributed by atoms with E-state index >= 15 is 0 Å². The van der Waals surface area contributed by atoms with Gasteiger partial charge in [-0.15, -0.1) is 0 Å². The van der Waals surface area contributed by atoms with Gasteiger partial charge in [-0.2, -0.15) is 0 Å². The minimum atomic E-state index is 0.510. The number of hydrogen-bond acceptors (Lipinski definition) is 4. The number of ether oxygens (including phenoxy) is 1. The second-order valence-electron chi connectivity index (χ2n) is 7.51. The maximum Gasteiger partial charge on any atom is 0.0702 e. The molecule has 3 saturated heterocycles. The highest BCUT2D eigenvalue weighted by molar-refractivity contribution is 4.88. The Morgan fingerprint density at radius 2 is 1.90 bits per heavy atom. The summed E-state index contributed by atoms with van der Waals surface area (Å²) in [6.07, 6.45) is 6.98. The van der Waals surface area contributed by atoms with Crippen molar-refractivity contribution in [3.8, 4) is 0 Å². The highest BCUT2D eigenvalue weighted by Gasteiger charge is 2.30. The van der Waals surface area contributed by atoms with Crippen molar-refractivity contribution in [2.24, 2.45) is 5.92 Å². The molecule has 4 heteroatoms. The molecule has 1 N–H and O–H groups in total. The number of likely N-dealkylation sites (tertiary alicyclic amines) is 2. The van der Waals surface area contributed by atoms with Crippen LogP contribution in [0.4, 0.5) is 0 Å². The summed E-state index contributed by atoms with van der Waals surface area (Å²) in [5.41, 5.74) is 0. The Kier molecular flexibility index (Phi) is 5.54. The van der Waals surface area contributed by atoms with Crippen molar-refractivity contribution in [1.29, 1.82) is 0 Å². The molecule has 0 aromatic carbocycles. The van der Waals surface area contributed by atoms with E-state index in [0.29, 0.717) is 6.10 Å². The summed E-state index contributed by atoms with van der Waals surface area (Å²) in [6.45, 7) is 9.56. The van der Waals surface area contributed by atoms with Crippen molar-refractivity contribution in [3.63, 3.8) is 0 Å². The predicted octanol–water partition coefficient (Wildman–Crippen LogP) is 1.56. The first-order valence-corrected chi connectivity index (χ1v) is 8.99. The van der Waals surface area contributed by atoms with Gasteiger partial charge < -0.3 is 19.9 Å². The van der Waals surface area contributed by atoms with E-state index in [2.05, 4.69) is 29.1 Å². The lowest BCUT2D eigenvalue weighted by Gasteiger charge is -2.41. The fourth-order valence-electron chi connectivity index (χ4n) is 4.20. The smallest absolute Gasteiger partial charge is 0.0702 e. The van der Waals surface area contributed by atoms with Crippen LogP contribution >= 0.6 is 0 Å². The van der Waals surface area contributed by atoms with Gasteiger partial charge in [0.1, 0.15) is 0 Å². The summed E-state index contributed by atoms with van der Waals surface area (Å²) >= 11 is 0. The highest BCUT2D eigenvalue weighted by atomic mass is 16.5. The van der Waals surface area contributed by atoms with Crippen LogP contribution in [-0.4, -0.2) is 74.4 Å². The molecule has 0 aromatic rings. The van der Waals surface area contributed by atoms with Gasteiger partial charge in [0, 0.05) is 31.8 Å². The molecule has 0 aliphatic carbocycles. The zero-order valence-electron chi connectivity index (χ0n) is 13.9. The fourth-order valence-corrected chi connectivity index (χ4v) is 4.20. The van der Waals surface area contributed by atoms with E-state index in [9.17, 15) is 0 Å². The van der Waals surface area contributed by atoms with E-state index in [4.69, 9.17) is 4.74 Å². The number of rotatable bonds is 4. The van der Waals surface area contributed by atoms with Crippen LogP contribution in [0.25, 0.3) is 0 Å². The molecular weight excluding hydrogens is 262 g/mol. The maximum absolute atomic E-state index is 5.79. The number of hydrogen-bond donors (Lipinski definition) is 1. The second kappa shape index (κ2) is 7.40. The molecule has 0 saturated carbocycles. The standard InChI is InChI=1S/C17H33N3O/c1-14-12-20(13-16-4-3-11-21-16)10-7-17(14)18-15-5-8-19(2)9-6-15/h14-18H,3-13H2,1-2H3/t14-,16+,17+/m1/s1. The quantitative estimate of drug-likeness (QED) is 0.852. The summed E-state index contributed by atoms with van der Waals surface area (Å²) < 4.78 is 5.79. The summed E-state index contributed by atoms with van der Waals surface area (Å²) in [4.78, 5) is 5.08. The van der Waals surface area contributed by atoms with Gasteiger partial charge in [0.2, 0.25) is 0 Å². The van der Waals surface area contributed by atoms with Crippen molar-refractivity contribution in [2.45, 2.75) is 57.2 Å². The Hall–Kier alpha value is -0.160. The second-order valence-corrected chi connectivity index (χ2v) is 7.51. The van der Waals surface area contributed by atoms with Crippen molar-refractivity contribution < 1.29 is 4.74 Å². The van der Waals surface area contributed by atoms with Crippen molar-refractivity contribution >= 4 is 0 Å². The third kappa shape index (κ3) is 4.41. The SMILES string of the molecule is C[C@@H]1CN(C[C@@H]2CCCO2)CC[C@@H]1NC1CCN(C)CC1. The maximum atomic E-state index is 5.79. The van der Waals surface area contributed by atoms with Gasteiger partial charge in [-0.05, 0) is 64.7 Å². The van der Waals surface area contributed by atoms with Crippen molar-refractivity contribution in [1.82, 2.24) is 15.1 Å². The van der Waals surface area contributed by atoms with Gasteiger partial charge in [-0.1, -0.05) is 6.92 Å². The topological polar surface area (TPSA) is 27.7 Å². The summed E-state index contributed by atoms with van der Waals surface area (Å²) in [5.74, 6) is 0.764. The van der Waals surface area contributed by atoms with E-state index in [1.807, 2.05) is 0 Å². The minimum Gasteiger partial charge on any atom is -0.377 e. The Bertz CT molecular complexity index is 311. The molecule has 3 atom stereocenters. The Morgan fingerprint density at radius 3 is 2.57 bits per heavy atom. The molecule has 21 heavy (non-hydrogen) atoms. The van der Waals surface area contributed by atoms with E-state index in [0.717, 1.165) is 31.2 Å². The Balaban J connectivity index is 1.40. The van der Waals surface area contributed by atoms with Crippen LogP contribution in [0.15, 0.2) is 0 Å². The number of piperidine rings is 2. The normalized spacial score (nSPS) is 37.1. The molecule has 3 fully saturated rings. The van der Waals surface area contributed by atoms with Crippen LogP contribution in [0.3, 0.4) is 0 Å². The molecule has 122 valence electrons. The van der Waals surface area contributed by atoms with Crippen LogP contribution in [0.2, 0.25) is 0 Å². The predicted molar refractivity (Wildman–Crippen MR) is 86.6 cm³/mol. The van der Waals surface area contributed by atoms with Crippen molar-refractivity contribution in [3.05, 3.63) is 0 Å². The van der Waals surface area contributed by atoms with E-state index in [1.165, 1.54) is 58.3 Å². The molecule has 0 spiro atoms. The Labute approximate surface area is 130 Å². The van der Waals surface area contributed by atoms with Gasteiger partial charge in [-0.25, -0.2) is 0 Å². The largest absolute Gasteiger partial charge is 0.377 e. The van der Waals surface area contributed by atoms with Gasteiger partial charge >= 0.3 is 0 Å². The van der Waals surface area contributed by atoms with Gasteiger partial charge in [0.05, 0.1) is 6.10 Å². The third-order valence-corrected chi connectivity index (χ3v) is 5.64. The van der Waals surface area contributed by atoms with Gasteiger partial charge in [0.25, 0.3) is 0 Å². The first-order chi connectivity index (χ1) is 10.2. The minimum absolute atomic E-state index is 0.510. The lowest BCUT2D eigenvalue weighted by Crippen LogP contribution is -2.53. The molecule has 0 bridgehead atoms. The van der Waals surface area contributed by atoms with Gasteiger partial charge in [0.15, 0.2) is 0 Å². The zero-order chi connectivity index (χ0) is 14.7. The molecule has 3 rings (SSSR count).